The summed E-state index contributed by atoms with van der Waals surface area (Å²) in [6.45, 7) is 1.71. The fourth-order valence-electron chi connectivity index (χ4n) is 3.48. The Morgan fingerprint density at radius 1 is 1.06 bits per heavy atom. The average molecular weight is 475 g/mol. The second-order valence-corrected chi connectivity index (χ2v) is 10.1. The standard InChI is InChI=1S/C21H22N4O5S2/c1-30-19-6-2-16(3-7-19)14-17-15-31-21(22-17)23-10-12-24(13-11-23)32(28,29)20-8-4-18(5-9-20)25(26)27/h2-9,15H,10-14H2,1H3. The molecule has 0 bridgehead atoms. The molecule has 2 heterocycles. The van der Waals surface area contributed by atoms with Crippen LogP contribution in [0.3, 0.4) is 0 Å². The molecular formula is C21H22N4O5S2. The summed E-state index contributed by atoms with van der Waals surface area (Å²) in [5.74, 6) is 0.814. The minimum absolute atomic E-state index is 0.0626. The summed E-state index contributed by atoms with van der Waals surface area (Å²) < 4.78 is 32.4. The van der Waals surface area contributed by atoms with Crippen molar-refractivity contribution in [3.8, 4) is 5.75 Å². The molecule has 9 nitrogen and oxygen atoms in total. The molecule has 3 aromatic rings. The van der Waals surface area contributed by atoms with Gasteiger partial charge in [0.25, 0.3) is 5.69 Å². The van der Waals surface area contributed by atoms with Crippen LogP contribution in [-0.2, 0) is 16.4 Å². The maximum atomic E-state index is 12.9. The third kappa shape index (κ3) is 4.74. The molecule has 0 aliphatic carbocycles. The van der Waals surface area contributed by atoms with Gasteiger partial charge in [-0.3, -0.25) is 10.1 Å². The first-order chi connectivity index (χ1) is 15.4. The van der Waals surface area contributed by atoms with Crippen LogP contribution in [-0.4, -0.2) is 55.9 Å². The molecule has 1 fully saturated rings. The smallest absolute Gasteiger partial charge is 0.269 e. The van der Waals surface area contributed by atoms with Crippen LogP contribution in [0.4, 0.5) is 10.8 Å². The van der Waals surface area contributed by atoms with Gasteiger partial charge >= 0.3 is 0 Å². The lowest BCUT2D eigenvalue weighted by atomic mass is 10.1. The number of nitro benzene ring substituents is 1. The van der Waals surface area contributed by atoms with Gasteiger partial charge < -0.3 is 9.64 Å². The third-order valence-electron chi connectivity index (χ3n) is 5.28. The Bertz CT molecular complexity index is 1190. The number of methoxy groups -OCH3 is 1. The molecule has 4 rings (SSSR count). The molecule has 32 heavy (non-hydrogen) atoms. The molecule has 0 spiro atoms. The maximum Gasteiger partial charge on any atom is 0.269 e. The quantitative estimate of drug-likeness (QED) is 0.382. The maximum absolute atomic E-state index is 12.9. The number of aromatic nitrogens is 1. The minimum atomic E-state index is -3.69. The van der Waals surface area contributed by atoms with Crippen LogP contribution < -0.4 is 9.64 Å². The van der Waals surface area contributed by atoms with E-state index < -0.39 is 14.9 Å². The van der Waals surface area contributed by atoms with E-state index in [1.807, 2.05) is 29.6 Å². The molecule has 1 aliphatic rings. The molecule has 168 valence electrons. The number of nitro groups is 1. The summed E-state index contributed by atoms with van der Waals surface area (Å²) >= 11 is 1.55. The molecule has 1 aliphatic heterocycles. The van der Waals surface area contributed by atoms with Gasteiger partial charge in [0.15, 0.2) is 5.13 Å². The van der Waals surface area contributed by atoms with Gasteiger partial charge in [-0.2, -0.15) is 4.31 Å². The van der Waals surface area contributed by atoms with Crippen molar-refractivity contribution in [1.82, 2.24) is 9.29 Å². The third-order valence-corrected chi connectivity index (χ3v) is 8.14. The zero-order valence-corrected chi connectivity index (χ0v) is 19.0. The van der Waals surface area contributed by atoms with Crippen molar-refractivity contribution in [2.75, 3.05) is 38.2 Å². The Labute approximate surface area is 190 Å². The van der Waals surface area contributed by atoms with Gasteiger partial charge in [-0.25, -0.2) is 13.4 Å². The highest BCUT2D eigenvalue weighted by Crippen LogP contribution is 2.26. The van der Waals surface area contributed by atoms with Gasteiger partial charge in [-0.15, -0.1) is 11.3 Å². The fourth-order valence-corrected chi connectivity index (χ4v) is 5.79. The van der Waals surface area contributed by atoms with E-state index in [0.29, 0.717) is 26.2 Å². The first kappa shape index (κ1) is 22.2. The Morgan fingerprint density at radius 2 is 1.72 bits per heavy atom. The number of ether oxygens (including phenoxy) is 1. The number of nitrogens with zero attached hydrogens (tertiary/aromatic N) is 4. The monoisotopic (exact) mass is 474 g/mol. The van der Waals surface area contributed by atoms with Gasteiger partial charge in [-0.1, -0.05) is 12.1 Å². The summed E-state index contributed by atoms with van der Waals surface area (Å²) in [6, 6.07) is 12.9. The van der Waals surface area contributed by atoms with E-state index in [0.717, 1.165) is 28.6 Å². The molecule has 0 radical (unpaired) electrons. The van der Waals surface area contributed by atoms with Crippen LogP contribution in [0.1, 0.15) is 11.3 Å². The zero-order valence-electron chi connectivity index (χ0n) is 17.4. The Morgan fingerprint density at radius 3 is 2.31 bits per heavy atom. The summed E-state index contributed by atoms with van der Waals surface area (Å²) in [6.07, 6.45) is 0.717. The molecule has 0 amide bonds. The van der Waals surface area contributed by atoms with E-state index in [2.05, 4.69) is 4.90 Å². The summed E-state index contributed by atoms with van der Waals surface area (Å²) in [4.78, 5) is 17.1. The Kier molecular flexibility index (Phi) is 6.40. The highest BCUT2D eigenvalue weighted by molar-refractivity contribution is 7.89. The van der Waals surface area contributed by atoms with Crippen molar-refractivity contribution >= 4 is 32.2 Å². The summed E-state index contributed by atoms with van der Waals surface area (Å²) in [5, 5.41) is 13.7. The van der Waals surface area contributed by atoms with Gasteiger partial charge in [0.2, 0.25) is 10.0 Å². The molecule has 1 aromatic heterocycles. The topological polar surface area (TPSA) is 106 Å². The fraction of sp³-hybridized carbons (Fsp3) is 0.286. The van der Waals surface area contributed by atoms with Crippen molar-refractivity contribution in [2.24, 2.45) is 0 Å². The van der Waals surface area contributed by atoms with Crippen molar-refractivity contribution in [3.05, 3.63) is 75.3 Å². The van der Waals surface area contributed by atoms with E-state index in [1.54, 1.807) is 18.4 Å². The number of thiazole rings is 1. The number of hydrogen-bond donors (Lipinski definition) is 0. The Hall–Kier alpha value is -3.02. The predicted molar refractivity (Wildman–Crippen MR) is 122 cm³/mol. The van der Waals surface area contributed by atoms with E-state index in [1.165, 1.54) is 28.6 Å². The van der Waals surface area contributed by atoms with Crippen molar-refractivity contribution in [2.45, 2.75) is 11.3 Å². The number of benzene rings is 2. The van der Waals surface area contributed by atoms with Crippen molar-refractivity contribution < 1.29 is 18.1 Å². The second-order valence-electron chi connectivity index (χ2n) is 7.29. The second kappa shape index (κ2) is 9.23. The van der Waals surface area contributed by atoms with Crippen LogP contribution in [0.15, 0.2) is 58.8 Å². The van der Waals surface area contributed by atoms with Crippen LogP contribution in [0.5, 0.6) is 5.75 Å². The van der Waals surface area contributed by atoms with Crippen molar-refractivity contribution in [3.63, 3.8) is 0 Å². The highest BCUT2D eigenvalue weighted by atomic mass is 32.2. The van der Waals surface area contributed by atoms with Gasteiger partial charge in [-0.05, 0) is 29.8 Å². The van der Waals surface area contributed by atoms with E-state index in [-0.39, 0.29) is 10.6 Å². The number of hydrogen-bond acceptors (Lipinski definition) is 8. The van der Waals surface area contributed by atoms with Gasteiger partial charge in [0.1, 0.15) is 5.75 Å². The molecule has 0 atom stereocenters. The van der Waals surface area contributed by atoms with Crippen molar-refractivity contribution in [1.29, 1.82) is 0 Å². The average Bonchev–Trinajstić information content (AvgIpc) is 3.28. The van der Waals surface area contributed by atoms with Crippen LogP contribution in [0.25, 0.3) is 0 Å². The van der Waals surface area contributed by atoms with E-state index >= 15 is 0 Å². The minimum Gasteiger partial charge on any atom is -0.497 e. The lowest BCUT2D eigenvalue weighted by Crippen LogP contribution is -2.48. The molecule has 1 saturated heterocycles. The normalized spacial score (nSPS) is 15.0. The van der Waals surface area contributed by atoms with Gasteiger partial charge in [0, 0.05) is 50.1 Å². The number of anilines is 1. The highest BCUT2D eigenvalue weighted by Gasteiger charge is 2.29. The van der Waals surface area contributed by atoms with Crippen LogP contribution >= 0.6 is 11.3 Å². The number of piperazine rings is 1. The number of sulfonamides is 1. The molecule has 0 N–H and O–H groups in total. The van der Waals surface area contributed by atoms with Gasteiger partial charge in [0.05, 0.1) is 22.6 Å². The predicted octanol–water partition coefficient (Wildman–Crippen LogP) is 3.16. The molecular weight excluding hydrogens is 452 g/mol. The van der Waals surface area contributed by atoms with E-state index in [4.69, 9.17) is 9.72 Å². The number of non-ortho nitro benzene ring substituents is 1. The Balaban J connectivity index is 1.37. The zero-order chi connectivity index (χ0) is 22.7. The van der Waals surface area contributed by atoms with Crippen LogP contribution in [0.2, 0.25) is 0 Å². The first-order valence-electron chi connectivity index (χ1n) is 9.94. The molecule has 11 heteroatoms. The SMILES string of the molecule is COc1ccc(Cc2csc(N3CCN(S(=O)(=O)c4ccc([N+](=O)[O-])cc4)CC3)n2)cc1. The lowest BCUT2D eigenvalue weighted by Gasteiger charge is -2.33. The molecule has 0 unspecified atom stereocenters. The lowest BCUT2D eigenvalue weighted by molar-refractivity contribution is -0.384. The van der Waals surface area contributed by atoms with E-state index in [9.17, 15) is 18.5 Å². The summed E-state index contributed by atoms with van der Waals surface area (Å²) in [7, 11) is -2.06. The molecule has 2 aromatic carbocycles. The summed E-state index contributed by atoms with van der Waals surface area (Å²) in [5.41, 5.74) is 1.97. The first-order valence-corrected chi connectivity index (χ1v) is 12.3. The molecule has 0 saturated carbocycles. The number of rotatable bonds is 7. The van der Waals surface area contributed by atoms with Crippen LogP contribution in [0, 0.1) is 10.1 Å². The largest absolute Gasteiger partial charge is 0.497 e.